The van der Waals surface area contributed by atoms with Gasteiger partial charge >= 0.3 is 0 Å². The number of likely N-dealkylation sites (N-methyl/N-ethyl adjacent to an activating group) is 1. The summed E-state index contributed by atoms with van der Waals surface area (Å²) in [6.45, 7) is 14.3. The first-order chi connectivity index (χ1) is 7.05. The molecule has 0 unspecified atom stereocenters. The second-order valence-corrected chi connectivity index (χ2v) is 4.75. The molecule has 0 aliphatic rings. The molecular formula is C12H28N2O. The smallest absolute Gasteiger partial charge is 0.0593 e. The highest BCUT2D eigenvalue weighted by atomic mass is 16.5. The number of nitrogens with zero attached hydrogens (tertiary/aromatic N) is 1. The van der Waals surface area contributed by atoms with Gasteiger partial charge in [0, 0.05) is 13.2 Å². The molecule has 0 fully saturated rings. The van der Waals surface area contributed by atoms with E-state index in [1.54, 1.807) is 0 Å². The average Bonchev–Trinajstić information content (AvgIpc) is 2.23. The van der Waals surface area contributed by atoms with Crippen molar-refractivity contribution in [3.05, 3.63) is 0 Å². The summed E-state index contributed by atoms with van der Waals surface area (Å²) in [6.07, 6.45) is 1.16. The summed E-state index contributed by atoms with van der Waals surface area (Å²) in [7, 11) is 0. The van der Waals surface area contributed by atoms with E-state index in [2.05, 4.69) is 25.7 Å². The first-order valence-corrected chi connectivity index (χ1v) is 6.06. The van der Waals surface area contributed by atoms with Crippen molar-refractivity contribution in [1.82, 2.24) is 4.90 Å². The summed E-state index contributed by atoms with van der Waals surface area (Å²) in [5, 5.41) is 0. The lowest BCUT2D eigenvalue weighted by molar-refractivity contribution is 0.110. The maximum Gasteiger partial charge on any atom is 0.0593 e. The van der Waals surface area contributed by atoms with E-state index in [0.717, 1.165) is 45.8 Å². The zero-order valence-electron chi connectivity index (χ0n) is 10.9. The average molecular weight is 216 g/mol. The molecule has 0 aromatic heterocycles. The minimum Gasteiger partial charge on any atom is -0.380 e. The second kappa shape index (κ2) is 8.08. The van der Waals surface area contributed by atoms with E-state index >= 15 is 0 Å². The lowest BCUT2D eigenvalue weighted by atomic mass is 9.89. The Kier molecular flexibility index (Phi) is 8.02. The van der Waals surface area contributed by atoms with Crippen LogP contribution >= 0.6 is 0 Å². The van der Waals surface area contributed by atoms with Gasteiger partial charge in [-0.05, 0) is 38.4 Å². The highest BCUT2D eigenvalue weighted by Crippen LogP contribution is 2.18. The molecule has 0 aromatic carbocycles. The topological polar surface area (TPSA) is 38.5 Å². The Bertz CT molecular complexity index is 149. The van der Waals surface area contributed by atoms with Gasteiger partial charge in [0.2, 0.25) is 0 Å². The number of rotatable bonds is 9. The minimum atomic E-state index is 0.263. The molecule has 0 saturated heterocycles. The molecule has 0 aliphatic carbocycles. The molecule has 0 aromatic rings. The first-order valence-electron chi connectivity index (χ1n) is 6.06. The van der Waals surface area contributed by atoms with E-state index in [-0.39, 0.29) is 5.41 Å². The van der Waals surface area contributed by atoms with E-state index in [9.17, 15) is 0 Å². The van der Waals surface area contributed by atoms with Crippen molar-refractivity contribution in [3.63, 3.8) is 0 Å². The van der Waals surface area contributed by atoms with Crippen LogP contribution in [0.15, 0.2) is 0 Å². The van der Waals surface area contributed by atoms with Gasteiger partial charge in [0.15, 0.2) is 0 Å². The van der Waals surface area contributed by atoms with Gasteiger partial charge in [0.25, 0.3) is 0 Å². The van der Waals surface area contributed by atoms with E-state index < -0.39 is 0 Å². The van der Waals surface area contributed by atoms with Gasteiger partial charge < -0.3 is 15.4 Å². The quantitative estimate of drug-likeness (QED) is 0.596. The van der Waals surface area contributed by atoms with E-state index in [4.69, 9.17) is 10.5 Å². The van der Waals surface area contributed by atoms with Crippen molar-refractivity contribution in [2.45, 2.75) is 34.1 Å². The van der Waals surface area contributed by atoms with Gasteiger partial charge in [0.05, 0.1) is 6.61 Å². The minimum absolute atomic E-state index is 0.263. The van der Waals surface area contributed by atoms with E-state index in [1.807, 2.05) is 6.92 Å². The van der Waals surface area contributed by atoms with Crippen molar-refractivity contribution in [3.8, 4) is 0 Å². The molecule has 0 spiro atoms. The number of hydrogen-bond acceptors (Lipinski definition) is 3. The van der Waals surface area contributed by atoms with Gasteiger partial charge in [-0.25, -0.2) is 0 Å². The summed E-state index contributed by atoms with van der Waals surface area (Å²) >= 11 is 0. The molecule has 0 amide bonds. The molecule has 0 aliphatic heterocycles. The van der Waals surface area contributed by atoms with Crippen LogP contribution in [0.1, 0.15) is 34.1 Å². The third-order valence-electron chi connectivity index (χ3n) is 2.86. The van der Waals surface area contributed by atoms with Crippen LogP contribution in [0.5, 0.6) is 0 Å². The van der Waals surface area contributed by atoms with Crippen LogP contribution in [0, 0.1) is 5.41 Å². The maximum atomic E-state index is 5.71. The van der Waals surface area contributed by atoms with Crippen LogP contribution in [0.25, 0.3) is 0 Å². The first kappa shape index (κ1) is 14.9. The molecule has 2 N–H and O–H groups in total. The van der Waals surface area contributed by atoms with Crippen LogP contribution < -0.4 is 5.73 Å². The Morgan fingerprint density at radius 3 is 2.33 bits per heavy atom. The van der Waals surface area contributed by atoms with Crippen molar-refractivity contribution < 1.29 is 4.74 Å². The van der Waals surface area contributed by atoms with Crippen LogP contribution in [0.2, 0.25) is 0 Å². The molecule has 0 heterocycles. The van der Waals surface area contributed by atoms with Gasteiger partial charge in [-0.1, -0.05) is 20.8 Å². The van der Waals surface area contributed by atoms with Crippen molar-refractivity contribution in [2.75, 3.05) is 39.4 Å². The van der Waals surface area contributed by atoms with Gasteiger partial charge in [0.1, 0.15) is 0 Å². The van der Waals surface area contributed by atoms with E-state index in [1.165, 1.54) is 0 Å². The Hall–Kier alpha value is -0.120. The van der Waals surface area contributed by atoms with Crippen LogP contribution in [-0.4, -0.2) is 44.3 Å². The molecular weight excluding hydrogens is 188 g/mol. The monoisotopic (exact) mass is 216 g/mol. The molecule has 3 heteroatoms. The Morgan fingerprint density at radius 1 is 1.20 bits per heavy atom. The number of hydrogen-bond donors (Lipinski definition) is 1. The highest BCUT2D eigenvalue weighted by Gasteiger charge is 2.16. The zero-order valence-corrected chi connectivity index (χ0v) is 10.9. The third kappa shape index (κ3) is 7.77. The van der Waals surface area contributed by atoms with Gasteiger partial charge in [-0.15, -0.1) is 0 Å². The van der Waals surface area contributed by atoms with Crippen molar-refractivity contribution in [2.24, 2.45) is 11.1 Å². The predicted molar refractivity (Wildman–Crippen MR) is 66.1 cm³/mol. The summed E-state index contributed by atoms with van der Waals surface area (Å²) < 4.78 is 5.36. The molecule has 15 heavy (non-hydrogen) atoms. The Balaban J connectivity index is 3.69. The fraction of sp³-hybridized carbons (Fsp3) is 1.00. The Morgan fingerprint density at radius 2 is 1.87 bits per heavy atom. The summed E-state index contributed by atoms with van der Waals surface area (Å²) in [5.74, 6) is 0. The summed E-state index contributed by atoms with van der Waals surface area (Å²) in [4.78, 5) is 2.42. The van der Waals surface area contributed by atoms with Crippen LogP contribution in [0.3, 0.4) is 0 Å². The van der Waals surface area contributed by atoms with Crippen LogP contribution in [0.4, 0.5) is 0 Å². The fourth-order valence-corrected chi connectivity index (χ4v) is 1.33. The summed E-state index contributed by atoms with van der Waals surface area (Å²) in [5.41, 5.74) is 5.98. The SMILES string of the molecule is CCOCCN(CC)CCC(C)(C)CN. The largest absolute Gasteiger partial charge is 0.380 e. The zero-order chi connectivity index (χ0) is 11.7. The normalized spacial score (nSPS) is 12.4. The third-order valence-corrected chi connectivity index (χ3v) is 2.86. The number of nitrogens with two attached hydrogens (primary N) is 1. The van der Waals surface area contributed by atoms with Crippen LogP contribution in [-0.2, 0) is 4.74 Å². The fourth-order valence-electron chi connectivity index (χ4n) is 1.33. The molecule has 0 bridgehead atoms. The molecule has 0 radical (unpaired) electrons. The standard InChI is InChI=1S/C12H28N2O/c1-5-14(9-10-15-6-2)8-7-12(3,4)11-13/h5-11,13H2,1-4H3. The molecule has 0 atom stereocenters. The lowest BCUT2D eigenvalue weighted by Gasteiger charge is -2.27. The molecule has 92 valence electrons. The highest BCUT2D eigenvalue weighted by molar-refractivity contribution is 4.71. The van der Waals surface area contributed by atoms with E-state index in [0.29, 0.717) is 0 Å². The Labute approximate surface area is 95.0 Å². The lowest BCUT2D eigenvalue weighted by Crippen LogP contribution is -2.33. The maximum absolute atomic E-state index is 5.71. The van der Waals surface area contributed by atoms with Crippen molar-refractivity contribution in [1.29, 1.82) is 0 Å². The van der Waals surface area contributed by atoms with Crippen molar-refractivity contribution >= 4 is 0 Å². The molecule has 0 rings (SSSR count). The number of ether oxygens (including phenoxy) is 1. The molecule has 3 nitrogen and oxygen atoms in total. The van der Waals surface area contributed by atoms with Gasteiger partial charge in [-0.3, -0.25) is 0 Å². The summed E-state index contributed by atoms with van der Waals surface area (Å²) in [6, 6.07) is 0. The molecule has 0 saturated carbocycles. The second-order valence-electron chi connectivity index (χ2n) is 4.75. The predicted octanol–water partition coefficient (Wildman–Crippen LogP) is 1.72. The van der Waals surface area contributed by atoms with Gasteiger partial charge in [-0.2, -0.15) is 0 Å².